The first kappa shape index (κ1) is 10.9. The number of carbonyl (C=O) groups is 1. The van der Waals surface area contributed by atoms with Crippen molar-refractivity contribution in [1.29, 1.82) is 0 Å². The van der Waals surface area contributed by atoms with Crippen LogP contribution in [0.3, 0.4) is 0 Å². The Kier molecular flexibility index (Phi) is 2.58. The minimum absolute atomic E-state index is 0.109. The number of carboxylic acids is 1. The van der Waals surface area contributed by atoms with Crippen LogP contribution in [0.4, 0.5) is 4.39 Å². The molecular weight excluding hydrogens is 211 g/mol. The smallest absolute Gasteiger partial charge is 0.307 e. The van der Waals surface area contributed by atoms with E-state index < -0.39 is 11.9 Å². The Morgan fingerprint density at radius 2 is 2.25 bits per heavy atom. The standard InChI is InChI=1S/C12H13FO3/c1-6-3-7(13)4-9(11(6)16-2)8-5-10(8)12(14)15/h3-4,8,10H,5H2,1-2H3,(H,14,15). The third kappa shape index (κ3) is 1.75. The van der Waals surface area contributed by atoms with E-state index in [1.54, 1.807) is 6.92 Å². The molecule has 1 aliphatic rings. The van der Waals surface area contributed by atoms with E-state index in [9.17, 15) is 9.18 Å². The molecule has 2 atom stereocenters. The normalized spacial score (nSPS) is 22.9. The Morgan fingerprint density at radius 3 is 2.75 bits per heavy atom. The van der Waals surface area contributed by atoms with Gasteiger partial charge in [-0.3, -0.25) is 4.79 Å². The lowest BCUT2D eigenvalue weighted by molar-refractivity contribution is -0.138. The molecule has 0 aliphatic heterocycles. The summed E-state index contributed by atoms with van der Waals surface area (Å²) >= 11 is 0. The van der Waals surface area contributed by atoms with Crippen LogP contribution in [0.1, 0.15) is 23.5 Å². The highest BCUT2D eigenvalue weighted by Gasteiger charge is 2.45. The number of methoxy groups -OCH3 is 1. The molecule has 1 saturated carbocycles. The molecule has 3 nitrogen and oxygen atoms in total. The van der Waals surface area contributed by atoms with Crippen LogP contribution in [0.2, 0.25) is 0 Å². The SMILES string of the molecule is COc1c(C)cc(F)cc1C1CC1C(=O)O. The van der Waals surface area contributed by atoms with E-state index in [2.05, 4.69) is 0 Å². The van der Waals surface area contributed by atoms with E-state index in [0.29, 0.717) is 23.3 Å². The number of ether oxygens (including phenoxy) is 1. The molecule has 0 radical (unpaired) electrons. The molecule has 0 spiro atoms. The zero-order chi connectivity index (χ0) is 11.9. The fraction of sp³-hybridized carbons (Fsp3) is 0.417. The molecule has 2 rings (SSSR count). The number of rotatable bonds is 3. The van der Waals surface area contributed by atoms with Gasteiger partial charge >= 0.3 is 5.97 Å². The van der Waals surface area contributed by atoms with Crippen LogP contribution in [0.25, 0.3) is 0 Å². The van der Waals surface area contributed by atoms with Crippen molar-refractivity contribution >= 4 is 5.97 Å². The summed E-state index contributed by atoms with van der Waals surface area (Å²) in [6.45, 7) is 1.75. The summed E-state index contributed by atoms with van der Waals surface area (Å²) < 4.78 is 18.5. The molecule has 16 heavy (non-hydrogen) atoms. The van der Waals surface area contributed by atoms with Crippen LogP contribution in [-0.4, -0.2) is 18.2 Å². The number of hydrogen-bond donors (Lipinski definition) is 1. The summed E-state index contributed by atoms with van der Waals surface area (Å²) in [5.41, 5.74) is 1.38. The lowest BCUT2D eigenvalue weighted by atomic mass is 10.0. The van der Waals surface area contributed by atoms with Gasteiger partial charge in [-0.25, -0.2) is 4.39 Å². The van der Waals surface area contributed by atoms with Gasteiger partial charge < -0.3 is 9.84 Å². The van der Waals surface area contributed by atoms with Crippen LogP contribution >= 0.6 is 0 Å². The summed E-state index contributed by atoms with van der Waals surface area (Å²) in [7, 11) is 1.52. The Balaban J connectivity index is 2.37. The van der Waals surface area contributed by atoms with Crippen molar-refractivity contribution in [3.63, 3.8) is 0 Å². The number of halogens is 1. The first-order valence-corrected chi connectivity index (χ1v) is 5.11. The van der Waals surface area contributed by atoms with Gasteiger partial charge in [0, 0.05) is 11.5 Å². The lowest BCUT2D eigenvalue weighted by Crippen LogP contribution is -2.01. The average Bonchev–Trinajstić information content (AvgIpc) is 2.95. The fourth-order valence-corrected chi connectivity index (χ4v) is 2.12. The van der Waals surface area contributed by atoms with Gasteiger partial charge in [0.2, 0.25) is 0 Å². The van der Waals surface area contributed by atoms with Crippen molar-refractivity contribution in [2.45, 2.75) is 19.3 Å². The Labute approximate surface area is 92.9 Å². The molecule has 0 bridgehead atoms. The Hall–Kier alpha value is -1.58. The molecule has 1 aliphatic carbocycles. The molecular formula is C12H13FO3. The van der Waals surface area contributed by atoms with Crippen molar-refractivity contribution in [3.8, 4) is 5.75 Å². The summed E-state index contributed by atoms with van der Waals surface area (Å²) in [6.07, 6.45) is 0.564. The van der Waals surface area contributed by atoms with Gasteiger partial charge in [-0.15, -0.1) is 0 Å². The highest BCUT2D eigenvalue weighted by molar-refractivity contribution is 5.75. The second-order valence-corrected chi connectivity index (χ2v) is 4.13. The number of carboxylic acid groups (broad SMARTS) is 1. The molecule has 0 amide bonds. The lowest BCUT2D eigenvalue weighted by Gasteiger charge is -2.11. The molecule has 1 aromatic carbocycles. The first-order valence-electron chi connectivity index (χ1n) is 5.11. The van der Waals surface area contributed by atoms with Gasteiger partial charge in [0.15, 0.2) is 0 Å². The maximum absolute atomic E-state index is 13.3. The molecule has 1 aromatic rings. The summed E-state index contributed by atoms with van der Waals surface area (Å²) in [5, 5.41) is 8.85. The summed E-state index contributed by atoms with van der Waals surface area (Å²) in [4.78, 5) is 10.8. The highest BCUT2D eigenvalue weighted by Crippen LogP contribution is 2.51. The largest absolute Gasteiger partial charge is 0.496 e. The van der Waals surface area contributed by atoms with E-state index in [-0.39, 0.29) is 11.7 Å². The molecule has 0 heterocycles. The second-order valence-electron chi connectivity index (χ2n) is 4.13. The fourth-order valence-electron chi connectivity index (χ4n) is 2.12. The Morgan fingerprint density at radius 1 is 1.56 bits per heavy atom. The van der Waals surface area contributed by atoms with Crippen molar-refractivity contribution in [2.75, 3.05) is 7.11 Å². The van der Waals surface area contributed by atoms with E-state index >= 15 is 0 Å². The van der Waals surface area contributed by atoms with Gasteiger partial charge in [-0.05, 0) is 31.0 Å². The number of benzene rings is 1. The molecule has 1 N–H and O–H groups in total. The molecule has 0 saturated heterocycles. The maximum atomic E-state index is 13.3. The van der Waals surface area contributed by atoms with Gasteiger partial charge in [0.25, 0.3) is 0 Å². The molecule has 86 valence electrons. The summed E-state index contributed by atoms with van der Waals surface area (Å²) in [5.74, 6) is -1.06. The first-order chi connectivity index (χ1) is 7.54. The maximum Gasteiger partial charge on any atom is 0.307 e. The van der Waals surface area contributed by atoms with E-state index in [1.807, 2.05) is 0 Å². The quantitative estimate of drug-likeness (QED) is 0.857. The van der Waals surface area contributed by atoms with Crippen LogP contribution in [0, 0.1) is 18.7 Å². The van der Waals surface area contributed by atoms with Gasteiger partial charge in [-0.2, -0.15) is 0 Å². The van der Waals surface area contributed by atoms with E-state index in [4.69, 9.17) is 9.84 Å². The van der Waals surface area contributed by atoms with Crippen molar-refractivity contribution in [2.24, 2.45) is 5.92 Å². The third-order valence-electron chi connectivity index (χ3n) is 2.98. The van der Waals surface area contributed by atoms with E-state index in [1.165, 1.54) is 19.2 Å². The third-order valence-corrected chi connectivity index (χ3v) is 2.98. The minimum atomic E-state index is -0.825. The zero-order valence-corrected chi connectivity index (χ0v) is 9.16. The minimum Gasteiger partial charge on any atom is -0.496 e. The van der Waals surface area contributed by atoms with Crippen molar-refractivity contribution < 1.29 is 19.0 Å². The van der Waals surface area contributed by atoms with Crippen molar-refractivity contribution in [3.05, 3.63) is 29.1 Å². The summed E-state index contributed by atoms with van der Waals surface area (Å²) in [6, 6.07) is 2.76. The van der Waals surface area contributed by atoms with Gasteiger partial charge in [-0.1, -0.05) is 0 Å². The number of aryl methyl sites for hydroxylation is 1. The van der Waals surface area contributed by atoms with Gasteiger partial charge in [0.05, 0.1) is 13.0 Å². The Bertz CT molecular complexity index is 442. The van der Waals surface area contributed by atoms with Gasteiger partial charge in [0.1, 0.15) is 11.6 Å². The second kappa shape index (κ2) is 3.77. The predicted molar refractivity (Wildman–Crippen MR) is 56.2 cm³/mol. The molecule has 1 fully saturated rings. The van der Waals surface area contributed by atoms with E-state index in [0.717, 1.165) is 0 Å². The monoisotopic (exact) mass is 224 g/mol. The number of aliphatic carboxylic acids is 1. The highest BCUT2D eigenvalue weighted by atomic mass is 19.1. The zero-order valence-electron chi connectivity index (χ0n) is 9.16. The number of hydrogen-bond acceptors (Lipinski definition) is 2. The predicted octanol–water partition coefficient (Wildman–Crippen LogP) is 2.33. The molecule has 4 heteroatoms. The average molecular weight is 224 g/mol. The molecule has 0 aromatic heterocycles. The van der Waals surface area contributed by atoms with Crippen LogP contribution in [0.15, 0.2) is 12.1 Å². The van der Waals surface area contributed by atoms with Crippen molar-refractivity contribution in [1.82, 2.24) is 0 Å². The topological polar surface area (TPSA) is 46.5 Å². The van der Waals surface area contributed by atoms with Crippen LogP contribution < -0.4 is 4.74 Å². The van der Waals surface area contributed by atoms with Crippen LogP contribution in [0.5, 0.6) is 5.75 Å². The van der Waals surface area contributed by atoms with Crippen LogP contribution in [-0.2, 0) is 4.79 Å². The molecule has 2 unspecified atom stereocenters.